The number of aromatic nitrogens is 2. The SMILES string of the molecule is Cc1cnc(=O)n(Cc2c(N)cccc2Br)c1. The van der Waals surface area contributed by atoms with Crippen LogP contribution in [-0.2, 0) is 6.54 Å². The Labute approximate surface area is 107 Å². The summed E-state index contributed by atoms with van der Waals surface area (Å²) in [4.78, 5) is 15.4. The summed E-state index contributed by atoms with van der Waals surface area (Å²) in [5.41, 5.74) is 8.11. The fourth-order valence-electron chi connectivity index (χ4n) is 1.59. The lowest BCUT2D eigenvalue weighted by atomic mass is 10.2. The van der Waals surface area contributed by atoms with Crippen LogP contribution in [0.2, 0.25) is 0 Å². The Morgan fingerprint density at radius 1 is 1.47 bits per heavy atom. The first-order valence-electron chi connectivity index (χ1n) is 5.14. The Balaban J connectivity index is 2.45. The summed E-state index contributed by atoms with van der Waals surface area (Å²) in [6.45, 7) is 2.31. The molecule has 0 aliphatic rings. The van der Waals surface area contributed by atoms with Crippen molar-refractivity contribution in [1.82, 2.24) is 9.55 Å². The van der Waals surface area contributed by atoms with Gasteiger partial charge in [-0.2, -0.15) is 0 Å². The smallest absolute Gasteiger partial charge is 0.347 e. The van der Waals surface area contributed by atoms with Crippen molar-refractivity contribution in [3.63, 3.8) is 0 Å². The van der Waals surface area contributed by atoms with Crippen molar-refractivity contribution < 1.29 is 0 Å². The number of hydrogen-bond acceptors (Lipinski definition) is 3. The van der Waals surface area contributed by atoms with E-state index in [1.165, 1.54) is 0 Å². The average Bonchev–Trinajstić information content (AvgIpc) is 2.28. The van der Waals surface area contributed by atoms with Gasteiger partial charge in [-0.3, -0.25) is 4.57 Å². The third-order valence-corrected chi connectivity index (χ3v) is 3.21. The number of nitrogens with two attached hydrogens (primary N) is 1. The summed E-state index contributed by atoms with van der Waals surface area (Å²) in [6.07, 6.45) is 3.33. The van der Waals surface area contributed by atoms with E-state index < -0.39 is 0 Å². The molecule has 5 heteroatoms. The second kappa shape index (κ2) is 4.71. The number of rotatable bonds is 2. The summed E-state index contributed by atoms with van der Waals surface area (Å²) in [6, 6.07) is 5.58. The molecule has 0 aliphatic carbocycles. The highest BCUT2D eigenvalue weighted by atomic mass is 79.9. The Bertz CT molecular complexity index is 587. The molecule has 0 unspecified atom stereocenters. The van der Waals surface area contributed by atoms with E-state index in [9.17, 15) is 4.79 Å². The molecular formula is C12H12BrN3O. The largest absolute Gasteiger partial charge is 0.398 e. The van der Waals surface area contributed by atoms with Crippen LogP contribution < -0.4 is 11.4 Å². The van der Waals surface area contributed by atoms with Crippen molar-refractivity contribution in [3.8, 4) is 0 Å². The van der Waals surface area contributed by atoms with E-state index in [-0.39, 0.29) is 5.69 Å². The Morgan fingerprint density at radius 3 is 2.94 bits per heavy atom. The predicted molar refractivity (Wildman–Crippen MR) is 70.9 cm³/mol. The maximum atomic E-state index is 11.6. The Kier molecular flexibility index (Phi) is 3.28. The monoisotopic (exact) mass is 293 g/mol. The number of hydrogen-bond donors (Lipinski definition) is 1. The van der Waals surface area contributed by atoms with Crippen molar-refractivity contribution in [2.45, 2.75) is 13.5 Å². The summed E-state index contributed by atoms with van der Waals surface area (Å²) in [5.74, 6) is 0. The van der Waals surface area contributed by atoms with E-state index in [2.05, 4.69) is 20.9 Å². The molecule has 1 aromatic carbocycles. The first kappa shape index (κ1) is 11.9. The molecule has 1 heterocycles. The number of nitrogen functional groups attached to an aromatic ring is 1. The molecule has 2 N–H and O–H groups in total. The summed E-state index contributed by atoms with van der Waals surface area (Å²) < 4.78 is 2.44. The van der Waals surface area contributed by atoms with Crippen molar-refractivity contribution >= 4 is 21.6 Å². The molecule has 0 radical (unpaired) electrons. The maximum Gasteiger partial charge on any atom is 0.347 e. The molecule has 0 amide bonds. The third kappa shape index (κ3) is 2.55. The van der Waals surface area contributed by atoms with Gasteiger partial charge >= 0.3 is 5.69 Å². The number of anilines is 1. The number of aryl methyl sites for hydroxylation is 1. The van der Waals surface area contributed by atoms with Gasteiger partial charge in [0.15, 0.2) is 0 Å². The molecule has 2 aromatic rings. The summed E-state index contributed by atoms with van der Waals surface area (Å²) >= 11 is 3.43. The molecule has 1 aromatic heterocycles. The van der Waals surface area contributed by atoms with E-state index in [0.29, 0.717) is 12.2 Å². The van der Waals surface area contributed by atoms with Gasteiger partial charge in [0.2, 0.25) is 0 Å². The molecule has 0 saturated heterocycles. The highest BCUT2D eigenvalue weighted by molar-refractivity contribution is 9.10. The van der Waals surface area contributed by atoms with Crippen LogP contribution in [0.1, 0.15) is 11.1 Å². The van der Waals surface area contributed by atoms with Crippen molar-refractivity contribution in [2.75, 3.05) is 5.73 Å². The van der Waals surface area contributed by atoms with Crippen molar-refractivity contribution in [1.29, 1.82) is 0 Å². The Morgan fingerprint density at radius 2 is 2.24 bits per heavy atom. The van der Waals surface area contributed by atoms with Crippen molar-refractivity contribution in [2.24, 2.45) is 0 Å². The molecule has 0 bridgehead atoms. The topological polar surface area (TPSA) is 60.9 Å². The standard InChI is InChI=1S/C12H12BrN3O/c1-8-5-15-12(17)16(6-8)7-9-10(13)3-2-4-11(9)14/h2-6H,7,14H2,1H3. The van der Waals surface area contributed by atoms with Crippen LogP contribution in [0.4, 0.5) is 5.69 Å². The molecule has 88 valence electrons. The lowest BCUT2D eigenvalue weighted by Crippen LogP contribution is -2.23. The Hall–Kier alpha value is -1.62. The van der Waals surface area contributed by atoms with Crippen LogP contribution in [0, 0.1) is 6.92 Å². The minimum absolute atomic E-state index is 0.272. The lowest BCUT2D eigenvalue weighted by molar-refractivity contribution is 0.720. The molecular weight excluding hydrogens is 282 g/mol. The van der Waals surface area contributed by atoms with E-state index >= 15 is 0 Å². The highest BCUT2D eigenvalue weighted by Gasteiger charge is 2.06. The van der Waals surface area contributed by atoms with Crippen LogP contribution in [0.25, 0.3) is 0 Å². The van der Waals surface area contributed by atoms with Crippen LogP contribution in [-0.4, -0.2) is 9.55 Å². The molecule has 2 rings (SSSR count). The zero-order chi connectivity index (χ0) is 12.4. The number of nitrogens with zero attached hydrogens (tertiary/aromatic N) is 2. The first-order chi connectivity index (χ1) is 8.08. The van der Waals surface area contributed by atoms with E-state index in [4.69, 9.17) is 5.73 Å². The zero-order valence-corrected chi connectivity index (χ0v) is 10.9. The maximum absolute atomic E-state index is 11.6. The predicted octanol–water partition coefficient (Wildman–Crippen LogP) is 1.94. The van der Waals surface area contributed by atoms with Crippen LogP contribution in [0.3, 0.4) is 0 Å². The second-order valence-electron chi connectivity index (χ2n) is 3.85. The highest BCUT2D eigenvalue weighted by Crippen LogP contribution is 2.22. The lowest BCUT2D eigenvalue weighted by Gasteiger charge is -2.10. The molecule has 17 heavy (non-hydrogen) atoms. The third-order valence-electron chi connectivity index (χ3n) is 2.47. The van der Waals surface area contributed by atoms with Gasteiger partial charge in [-0.05, 0) is 24.6 Å². The van der Waals surface area contributed by atoms with Crippen LogP contribution in [0.5, 0.6) is 0 Å². The van der Waals surface area contributed by atoms with Gasteiger partial charge < -0.3 is 5.73 Å². The fourth-order valence-corrected chi connectivity index (χ4v) is 2.10. The average molecular weight is 294 g/mol. The van der Waals surface area contributed by atoms with Gasteiger partial charge in [-0.15, -0.1) is 0 Å². The van der Waals surface area contributed by atoms with Gasteiger partial charge in [0, 0.05) is 28.1 Å². The van der Waals surface area contributed by atoms with E-state index in [1.54, 1.807) is 17.0 Å². The van der Waals surface area contributed by atoms with Gasteiger partial charge in [-0.25, -0.2) is 9.78 Å². The molecule has 4 nitrogen and oxygen atoms in total. The van der Waals surface area contributed by atoms with E-state index in [1.807, 2.05) is 25.1 Å². The number of benzene rings is 1. The van der Waals surface area contributed by atoms with Gasteiger partial charge in [-0.1, -0.05) is 22.0 Å². The molecule has 0 aliphatic heterocycles. The number of halogens is 1. The van der Waals surface area contributed by atoms with Gasteiger partial charge in [0.1, 0.15) is 0 Å². The van der Waals surface area contributed by atoms with Gasteiger partial charge in [0.05, 0.1) is 6.54 Å². The normalized spacial score (nSPS) is 10.5. The van der Waals surface area contributed by atoms with Crippen LogP contribution in [0.15, 0.2) is 39.9 Å². The molecule has 0 fully saturated rings. The molecule has 0 saturated carbocycles. The van der Waals surface area contributed by atoms with Gasteiger partial charge in [0.25, 0.3) is 0 Å². The zero-order valence-electron chi connectivity index (χ0n) is 9.35. The summed E-state index contributed by atoms with van der Waals surface area (Å²) in [7, 11) is 0. The van der Waals surface area contributed by atoms with Crippen molar-refractivity contribution in [3.05, 3.63) is 56.7 Å². The minimum atomic E-state index is -0.272. The first-order valence-corrected chi connectivity index (χ1v) is 5.93. The quantitative estimate of drug-likeness (QED) is 0.861. The molecule has 0 spiro atoms. The van der Waals surface area contributed by atoms with Crippen LogP contribution >= 0.6 is 15.9 Å². The summed E-state index contributed by atoms with van der Waals surface area (Å²) in [5, 5.41) is 0. The fraction of sp³-hybridized carbons (Fsp3) is 0.167. The minimum Gasteiger partial charge on any atom is -0.398 e. The second-order valence-corrected chi connectivity index (χ2v) is 4.70. The molecule has 0 atom stereocenters. The van der Waals surface area contributed by atoms with E-state index in [0.717, 1.165) is 15.6 Å².